The van der Waals surface area contributed by atoms with Gasteiger partial charge in [-0.1, -0.05) is 30.4 Å². The predicted molar refractivity (Wildman–Crippen MR) is 123 cm³/mol. The lowest BCUT2D eigenvalue weighted by Crippen LogP contribution is -2.48. The quantitative estimate of drug-likeness (QED) is 0.452. The van der Waals surface area contributed by atoms with Gasteiger partial charge in [-0.25, -0.2) is 4.39 Å². The number of piperidine rings is 1. The first kappa shape index (κ1) is 20.3. The summed E-state index contributed by atoms with van der Waals surface area (Å²) < 4.78 is 13.5. The number of aliphatic imine (C=N–C) groups is 1. The van der Waals surface area contributed by atoms with Crippen molar-refractivity contribution in [2.45, 2.75) is 25.4 Å². The molecule has 0 spiro atoms. The zero-order valence-corrected chi connectivity index (χ0v) is 17.5. The minimum absolute atomic E-state index is 0.178. The second kappa shape index (κ2) is 9.65. The standard InChI is InChI=1S/C24H30FN5/c1-26-24(27-18-19-6-4-8-22(16-19)29-12-2-3-13-29)28-21-10-14-30(15-11-21)23-9-5-7-20(25)17-23/h2-9,16-17,21H,10-15,18H2,1H3,(H2,26,27,28). The molecule has 158 valence electrons. The molecular formula is C24H30FN5. The summed E-state index contributed by atoms with van der Waals surface area (Å²) in [6, 6.07) is 15.9. The van der Waals surface area contributed by atoms with E-state index in [1.807, 2.05) is 13.1 Å². The zero-order chi connectivity index (χ0) is 20.8. The Labute approximate surface area is 178 Å². The molecule has 1 fully saturated rings. The van der Waals surface area contributed by atoms with Crippen LogP contribution in [0.1, 0.15) is 18.4 Å². The molecule has 2 aliphatic rings. The van der Waals surface area contributed by atoms with Gasteiger partial charge in [0.15, 0.2) is 5.96 Å². The minimum atomic E-state index is -0.178. The van der Waals surface area contributed by atoms with Crippen LogP contribution < -0.4 is 20.4 Å². The summed E-state index contributed by atoms with van der Waals surface area (Å²) in [5, 5.41) is 6.99. The average molecular weight is 408 g/mol. The summed E-state index contributed by atoms with van der Waals surface area (Å²) in [7, 11) is 1.81. The van der Waals surface area contributed by atoms with Crippen molar-refractivity contribution in [3.8, 4) is 0 Å². The molecule has 2 aliphatic heterocycles. The van der Waals surface area contributed by atoms with E-state index in [0.29, 0.717) is 6.04 Å². The second-order valence-electron chi connectivity index (χ2n) is 7.86. The largest absolute Gasteiger partial charge is 0.371 e. The molecule has 5 nitrogen and oxygen atoms in total. The van der Waals surface area contributed by atoms with E-state index in [9.17, 15) is 4.39 Å². The number of hydrogen-bond donors (Lipinski definition) is 2. The van der Waals surface area contributed by atoms with Crippen LogP contribution in [0.15, 0.2) is 65.7 Å². The Morgan fingerprint density at radius 2 is 1.70 bits per heavy atom. The molecule has 0 atom stereocenters. The summed E-state index contributed by atoms with van der Waals surface area (Å²) >= 11 is 0. The van der Waals surface area contributed by atoms with Crippen LogP contribution >= 0.6 is 0 Å². The van der Waals surface area contributed by atoms with Crippen molar-refractivity contribution in [1.82, 2.24) is 10.6 Å². The number of nitrogens with zero attached hydrogens (tertiary/aromatic N) is 3. The Morgan fingerprint density at radius 1 is 1.00 bits per heavy atom. The van der Waals surface area contributed by atoms with Gasteiger partial charge in [-0.2, -0.15) is 0 Å². The fourth-order valence-electron chi connectivity index (χ4n) is 4.08. The lowest BCUT2D eigenvalue weighted by molar-refractivity contribution is 0.461. The van der Waals surface area contributed by atoms with Crippen molar-refractivity contribution < 1.29 is 4.39 Å². The van der Waals surface area contributed by atoms with Crippen molar-refractivity contribution in [3.63, 3.8) is 0 Å². The topological polar surface area (TPSA) is 42.9 Å². The number of nitrogens with one attached hydrogen (secondary N) is 2. The lowest BCUT2D eigenvalue weighted by Gasteiger charge is -2.34. The van der Waals surface area contributed by atoms with Gasteiger partial charge in [-0.15, -0.1) is 0 Å². The Bertz CT molecular complexity index is 894. The van der Waals surface area contributed by atoms with E-state index >= 15 is 0 Å². The number of halogens is 1. The SMILES string of the molecule is CN=C(NCc1cccc(N2CC=CC2)c1)NC1CCN(c2cccc(F)c2)CC1. The molecule has 4 rings (SSSR count). The van der Waals surface area contributed by atoms with Crippen LogP contribution in [0.25, 0.3) is 0 Å². The fourth-order valence-corrected chi connectivity index (χ4v) is 4.08. The third-order valence-electron chi connectivity index (χ3n) is 5.79. The molecule has 0 bridgehead atoms. The molecule has 30 heavy (non-hydrogen) atoms. The van der Waals surface area contributed by atoms with Gasteiger partial charge in [0.25, 0.3) is 0 Å². The van der Waals surface area contributed by atoms with Crippen LogP contribution in [0, 0.1) is 5.82 Å². The first-order valence-electron chi connectivity index (χ1n) is 10.7. The van der Waals surface area contributed by atoms with Gasteiger partial charge >= 0.3 is 0 Å². The summed E-state index contributed by atoms with van der Waals surface area (Å²) in [6.07, 6.45) is 6.40. The van der Waals surface area contributed by atoms with Gasteiger partial charge in [0.2, 0.25) is 0 Å². The van der Waals surface area contributed by atoms with Gasteiger partial charge in [0.05, 0.1) is 0 Å². The highest BCUT2D eigenvalue weighted by molar-refractivity contribution is 5.80. The van der Waals surface area contributed by atoms with E-state index < -0.39 is 0 Å². The number of hydrogen-bond acceptors (Lipinski definition) is 3. The fraction of sp³-hybridized carbons (Fsp3) is 0.375. The van der Waals surface area contributed by atoms with Gasteiger partial charge in [-0.3, -0.25) is 4.99 Å². The molecule has 1 saturated heterocycles. The number of rotatable bonds is 5. The molecule has 0 unspecified atom stereocenters. The molecule has 6 heteroatoms. The van der Waals surface area contributed by atoms with Crippen LogP contribution in [-0.2, 0) is 6.54 Å². The molecule has 2 heterocycles. The minimum Gasteiger partial charge on any atom is -0.371 e. The van der Waals surface area contributed by atoms with Crippen LogP contribution in [-0.4, -0.2) is 45.2 Å². The van der Waals surface area contributed by atoms with E-state index in [4.69, 9.17) is 0 Å². The van der Waals surface area contributed by atoms with Crippen molar-refractivity contribution >= 4 is 17.3 Å². The Morgan fingerprint density at radius 3 is 2.40 bits per heavy atom. The summed E-state index contributed by atoms with van der Waals surface area (Å²) in [6.45, 7) is 4.51. The van der Waals surface area contributed by atoms with Gasteiger partial charge in [-0.05, 0) is 48.7 Å². The highest BCUT2D eigenvalue weighted by Gasteiger charge is 2.20. The molecule has 2 N–H and O–H groups in total. The predicted octanol–water partition coefficient (Wildman–Crippen LogP) is 3.54. The number of anilines is 2. The molecule has 0 aliphatic carbocycles. The van der Waals surface area contributed by atoms with Crippen molar-refractivity contribution in [3.05, 3.63) is 72.1 Å². The van der Waals surface area contributed by atoms with Crippen LogP contribution in [0.2, 0.25) is 0 Å². The van der Waals surface area contributed by atoms with Gasteiger partial charge in [0.1, 0.15) is 5.82 Å². The summed E-state index contributed by atoms with van der Waals surface area (Å²) in [5.41, 5.74) is 3.46. The highest BCUT2D eigenvalue weighted by atomic mass is 19.1. The molecule has 0 aromatic heterocycles. The molecule has 0 radical (unpaired) electrons. The first-order valence-corrected chi connectivity index (χ1v) is 10.7. The van der Waals surface area contributed by atoms with Crippen molar-refractivity contribution in [2.24, 2.45) is 4.99 Å². The average Bonchev–Trinajstić information content (AvgIpc) is 3.32. The lowest BCUT2D eigenvalue weighted by atomic mass is 10.0. The van der Waals surface area contributed by atoms with E-state index in [1.165, 1.54) is 17.3 Å². The van der Waals surface area contributed by atoms with Gasteiger partial charge < -0.3 is 20.4 Å². The van der Waals surface area contributed by atoms with Crippen LogP contribution in [0.4, 0.5) is 15.8 Å². The second-order valence-corrected chi connectivity index (χ2v) is 7.86. The normalized spacial score (nSPS) is 17.5. The Hall–Kier alpha value is -3.02. The summed E-state index contributed by atoms with van der Waals surface area (Å²) in [5.74, 6) is 0.648. The Kier molecular flexibility index (Phi) is 6.52. The van der Waals surface area contributed by atoms with E-state index in [1.54, 1.807) is 12.1 Å². The van der Waals surface area contributed by atoms with Crippen LogP contribution in [0.3, 0.4) is 0 Å². The molecule has 2 aromatic rings. The van der Waals surface area contributed by atoms with Crippen molar-refractivity contribution in [1.29, 1.82) is 0 Å². The first-order chi connectivity index (χ1) is 14.7. The number of guanidine groups is 1. The molecule has 0 amide bonds. The third kappa shape index (κ3) is 5.12. The maximum absolute atomic E-state index is 13.5. The Balaban J connectivity index is 1.26. The van der Waals surface area contributed by atoms with Crippen LogP contribution in [0.5, 0.6) is 0 Å². The maximum Gasteiger partial charge on any atom is 0.191 e. The van der Waals surface area contributed by atoms with E-state index in [-0.39, 0.29) is 5.82 Å². The third-order valence-corrected chi connectivity index (χ3v) is 5.79. The van der Waals surface area contributed by atoms with Gasteiger partial charge in [0, 0.05) is 57.2 Å². The zero-order valence-electron chi connectivity index (χ0n) is 17.5. The molecule has 0 saturated carbocycles. The van der Waals surface area contributed by atoms with E-state index in [0.717, 1.165) is 57.2 Å². The smallest absolute Gasteiger partial charge is 0.191 e. The number of benzene rings is 2. The van der Waals surface area contributed by atoms with E-state index in [2.05, 4.69) is 61.8 Å². The highest BCUT2D eigenvalue weighted by Crippen LogP contribution is 2.21. The molecular weight excluding hydrogens is 377 g/mol. The molecule has 2 aromatic carbocycles. The monoisotopic (exact) mass is 407 g/mol. The summed E-state index contributed by atoms with van der Waals surface area (Å²) in [4.78, 5) is 8.99. The van der Waals surface area contributed by atoms with Crippen molar-refractivity contribution in [2.75, 3.05) is 43.0 Å². The maximum atomic E-state index is 13.5.